The van der Waals surface area contributed by atoms with Gasteiger partial charge in [-0.3, -0.25) is 9.59 Å². The molecule has 0 radical (unpaired) electrons. The highest BCUT2D eigenvalue weighted by Gasteiger charge is 2.29. The predicted molar refractivity (Wildman–Crippen MR) is 108 cm³/mol. The predicted octanol–water partition coefficient (Wildman–Crippen LogP) is 2.10. The van der Waals surface area contributed by atoms with Gasteiger partial charge in [-0.2, -0.15) is 4.31 Å². The van der Waals surface area contributed by atoms with Crippen LogP contribution in [-0.2, 0) is 24.3 Å². The summed E-state index contributed by atoms with van der Waals surface area (Å²) in [6, 6.07) is 4.52. The van der Waals surface area contributed by atoms with E-state index in [4.69, 9.17) is 9.47 Å². The Kier molecular flexibility index (Phi) is 8.58. The number of hydrogen-bond acceptors (Lipinski definition) is 7. The maximum atomic E-state index is 13.0. The fourth-order valence-electron chi connectivity index (χ4n) is 2.83. The molecule has 1 aliphatic rings. The molecule has 0 atom stereocenters. The number of nitrogens with zero attached hydrogens (tertiary/aromatic N) is 1. The molecule has 0 saturated carbocycles. The third kappa shape index (κ3) is 6.11. The van der Waals surface area contributed by atoms with Crippen LogP contribution in [0.2, 0.25) is 0 Å². The molecule has 28 heavy (non-hydrogen) atoms. The number of benzene rings is 1. The van der Waals surface area contributed by atoms with Crippen LogP contribution in [0.4, 0.5) is 5.69 Å². The van der Waals surface area contributed by atoms with Crippen LogP contribution in [0.25, 0.3) is 0 Å². The van der Waals surface area contributed by atoms with Crippen molar-refractivity contribution in [2.24, 2.45) is 0 Å². The van der Waals surface area contributed by atoms with E-state index in [0.717, 1.165) is 31.0 Å². The molecule has 0 aliphatic carbocycles. The first-order chi connectivity index (χ1) is 13.4. The molecule has 1 aliphatic heterocycles. The van der Waals surface area contributed by atoms with Gasteiger partial charge in [-0.15, -0.1) is 11.8 Å². The van der Waals surface area contributed by atoms with Gasteiger partial charge in [0.2, 0.25) is 15.9 Å². The number of anilines is 1. The number of rotatable bonds is 9. The van der Waals surface area contributed by atoms with E-state index in [-0.39, 0.29) is 34.0 Å². The van der Waals surface area contributed by atoms with E-state index in [2.05, 4.69) is 5.32 Å². The maximum absolute atomic E-state index is 13.0. The molecule has 10 heteroatoms. The maximum Gasteiger partial charge on any atom is 0.315 e. The average molecular weight is 431 g/mol. The Labute approximate surface area is 170 Å². The summed E-state index contributed by atoms with van der Waals surface area (Å²) in [4.78, 5) is 23.4. The Morgan fingerprint density at radius 2 is 1.89 bits per heavy atom. The largest absolute Gasteiger partial charge is 0.495 e. The van der Waals surface area contributed by atoms with E-state index in [1.807, 2.05) is 0 Å². The van der Waals surface area contributed by atoms with Gasteiger partial charge in [0.1, 0.15) is 10.6 Å². The minimum atomic E-state index is -3.71. The van der Waals surface area contributed by atoms with Gasteiger partial charge in [0.15, 0.2) is 0 Å². The average Bonchev–Trinajstić information content (AvgIpc) is 2.69. The highest BCUT2D eigenvalue weighted by molar-refractivity contribution is 8.00. The van der Waals surface area contributed by atoms with E-state index in [0.29, 0.717) is 25.4 Å². The summed E-state index contributed by atoms with van der Waals surface area (Å²) in [6.45, 7) is 2.97. The molecule has 1 aromatic carbocycles. The van der Waals surface area contributed by atoms with Crippen LogP contribution in [0.3, 0.4) is 0 Å². The fourth-order valence-corrected chi connectivity index (χ4v) is 5.14. The molecule has 0 aromatic heterocycles. The Bertz CT molecular complexity index is 791. The Morgan fingerprint density at radius 1 is 1.18 bits per heavy atom. The molecule has 1 heterocycles. The molecule has 1 amide bonds. The summed E-state index contributed by atoms with van der Waals surface area (Å²) in [5.74, 6) is -0.335. The van der Waals surface area contributed by atoms with E-state index >= 15 is 0 Å². The lowest BCUT2D eigenvalue weighted by Crippen LogP contribution is -2.35. The van der Waals surface area contributed by atoms with Gasteiger partial charge in [0.25, 0.3) is 0 Å². The summed E-state index contributed by atoms with van der Waals surface area (Å²) in [6.07, 6.45) is 2.67. The van der Waals surface area contributed by atoms with Crippen molar-refractivity contribution in [1.29, 1.82) is 0 Å². The number of ether oxygens (including phenoxy) is 2. The topological polar surface area (TPSA) is 102 Å². The molecule has 2 rings (SSSR count). The van der Waals surface area contributed by atoms with Crippen molar-refractivity contribution in [1.82, 2.24) is 4.31 Å². The lowest BCUT2D eigenvalue weighted by Gasteiger charge is -2.26. The van der Waals surface area contributed by atoms with Gasteiger partial charge in [0.05, 0.1) is 25.2 Å². The first kappa shape index (κ1) is 22.5. The molecule has 0 unspecified atom stereocenters. The highest BCUT2D eigenvalue weighted by atomic mass is 32.2. The number of carbonyl (C=O) groups is 2. The molecule has 0 spiro atoms. The van der Waals surface area contributed by atoms with Gasteiger partial charge in [-0.1, -0.05) is 6.42 Å². The fraction of sp³-hybridized carbons (Fsp3) is 0.556. The normalized spacial score (nSPS) is 15.1. The van der Waals surface area contributed by atoms with Crippen LogP contribution in [0.1, 0.15) is 26.2 Å². The Morgan fingerprint density at radius 3 is 2.54 bits per heavy atom. The first-order valence-electron chi connectivity index (χ1n) is 9.10. The number of amides is 1. The van der Waals surface area contributed by atoms with Crippen LogP contribution >= 0.6 is 11.8 Å². The molecular formula is C18H26N2O6S2. The second-order valence-electron chi connectivity index (χ2n) is 6.18. The SMILES string of the molecule is CCOC(=O)CSCC(=O)Nc1ccc(OC)c(S(=O)(=O)N2CCCCC2)c1. The third-order valence-electron chi connectivity index (χ3n) is 4.14. The van der Waals surface area contributed by atoms with E-state index in [1.54, 1.807) is 13.0 Å². The van der Waals surface area contributed by atoms with Gasteiger partial charge >= 0.3 is 5.97 Å². The van der Waals surface area contributed by atoms with Gasteiger partial charge in [0, 0.05) is 18.8 Å². The van der Waals surface area contributed by atoms with Crippen LogP contribution in [0, 0.1) is 0 Å². The van der Waals surface area contributed by atoms with E-state index < -0.39 is 10.0 Å². The van der Waals surface area contributed by atoms with Gasteiger partial charge in [-0.05, 0) is 38.0 Å². The summed E-state index contributed by atoms with van der Waals surface area (Å²) < 4.78 is 37.5. The molecule has 1 saturated heterocycles. The van der Waals surface area contributed by atoms with E-state index in [1.165, 1.54) is 23.5 Å². The second-order valence-corrected chi connectivity index (χ2v) is 9.07. The second kappa shape index (κ2) is 10.7. The minimum absolute atomic E-state index is 0.0360. The number of piperidine rings is 1. The number of nitrogens with one attached hydrogen (secondary N) is 1. The van der Waals surface area contributed by atoms with Crippen molar-refractivity contribution in [2.75, 3.05) is 43.6 Å². The molecule has 156 valence electrons. The first-order valence-corrected chi connectivity index (χ1v) is 11.7. The third-order valence-corrected chi connectivity index (χ3v) is 6.96. The Balaban J connectivity index is 2.07. The number of methoxy groups -OCH3 is 1. The van der Waals surface area contributed by atoms with E-state index in [9.17, 15) is 18.0 Å². The van der Waals surface area contributed by atoms with Crippen LogP contribution in [0.15, 0.2) is 23.1 Å². The van der Waals surface area contributed by atoms with Crippen LogP contribution in [-0.4, -0.2) is 62.9 Å². The summed E-state index contributed by atoms with van der Waals surface area (Å²) in [7, 11) is -2.30. The Hall–Kier alpha value is -1.78. The van der Waals surface area contributed by atoms with Crippen molar-refractivity contribution in [3.05, 3.63) is 18.2 Å². The summed E-state index contributed by atoms with van der Waals surface area (Å²) in [5.41, 5.74) is 0.359. The highest BCUT2D eigenvalue weighted by Crippen LogP contribution is 2.31. The molecule has 1 fully saturated rings. The molecule has 1 N–H and O–H groups in total. The van der Waals surface area contributed by atoms with Crippen molar-refractivity contribution < 1.29 is 27.5 Å². The molecule has 0 bridgehead atoms. The number of carbonyl (C=O) groups excluding carboxylic acids is 2. The smallest absolute Gasteiger partial charge is 0.315 e. The number of sulfonamides is 1. The van der Waals surface area contributed by atoms with Crippen molar-refractivity contribution in [3.8, 4) is 5.75 Å². The molecule has 1 aromatic rings. The number of esters is 1. The zero-order valence-electron chi connectivity index (χ0n) is 16.1. The van der Waals surface area contributed by atoms with Crippen molar-refractivity contribution in [3.63, 3.8) is 0 Å². The monoisotopic (exact) mass is 430 g/mol. The zero-order chi connectivity index (χ0) is 20.6. The lowest BCUT2D eigenvalue weighted by atomic mass is 10.2. The summed E-state index contributed by atoms with van der Waals surface area (Å²) in [5, 5.41) is 2.66. The van der Waals surface area contributed by atoms with Crippen LogP contribution in [0.5, 0.6) is 5.75 Å². The quantitative estimate of drug-likeness (QED) is 0.599. The van der Waals surface area contributed by atoms with Crippen molar-refractivity contribution in [2.45, 2.75) is 31.1 Å². The summed E-state index contributed by atoms with van der Waals surface area (Å²) >= 11 is 1.13. The molecular weight excluding hydrogens is 404 g/mol. The standard InChI is InChI=1S/C18H26N2O6S2/c1-3-26-18(22)13-27-12-17(21)19-14-7-8-15(25-2)16(11-14)28(23,24)20-9-5-4-6-10-20/h7-8,11H,3-6,9-10,12-13H2,1-2H3,(H,19,21). The lowest BCUT2D eigenvalue weighted by molar-refractivity contribution is -0.139. The van der Waals surface area contributed by atoms with Gasteiger partial charge < -0.3 is 14.8 Å². The zero-order valence-corrected chi connectivity index (χ0v) is 17.7. The van der Waals surface area contributed by atoms with Crippen LogP contribution < -0.4 is 10.1 Å². The minimum Gasteiger partial charge on any atom is -0.495 e. The molecule has 8 nitrogen and oxygen atoms in total. The number of thioether (sulfide) groups is 1. The van der Waals surface area contributed by atoms with Gasteiger partial charge in [-0.25, -0.2) is 8.42 Å². The van der Waals surface area contributed by atoms with Crippen molar-refractivity contribution >= 4 is 39.3 Å². The number of hydrogen-bond donors (Lipinski definition) is 1.